The van der Waals surface area contributed by atoms with Crippen LogP contribution in [0.4, 0.5) is 0 Å². The zero-order valence-corrected chi connectivity index (χ0v) is 11.2. The first-order valence-electron chi connectivity index (χ1n) is 6.46. The number of hydrogen-bond donors (Lipinski definition) is 0. The van der Waals surface area contributed by atoms with Crippen LogP contribution in [-0.2, 0) is 9.63 Å². The van der Waals surface area contributed by atoms with Gasteiger partial charge in [0.05, 0.1) is 6.54 Å². The molecule has 0 radical (unpaired) electrons. The molecule has 2 aliphatic heterocycles. The van der Waals surface area contributed by atoms with E-state index in [0.29, 0.717) is 13.0 Å². The minimum atomic E-state index is 0.226. The normalized spacial score (nSPS) is 22.3. The summed E-state index contributed by atoms with van der Waals surface area (Å²) in [7, 11) is 3.65. The molecule has 0 unspecified atom stereocenters. The summed E-state index contributed by atoms with van der Waals surface area (Å²) in [6.45, 7) is 3.37. The molecule has 0 aliphatic carbocycles. The number of amides is 1. The van der Waals surface area contributed by atoms with E-state index in [-0.39, 0.29) is 5.91 Å². The van der Waals surface area contributed by atoms with Gasteiger partial charge in [0.15, 0.2) is 0 Å². The molecule has 2 rings (SSSR count). The molecule has 1 fully saturated rings. The van der Waals surface area contributed by atoms with Crippen molar-refractivity contribution in [2.45, 2.75) is 19.3 Å². The molecule has 5 heteroatoms. The average Bonchev–Trinajstić information content (AvgIpc) is 2.74. The van der Waals surface area contributed by atoms with Gasteiger partial charge in [-0.15, -0.1) is 0 Å². The van der Waals surface area contributed by atoms with Gasteiger partial charge in [0, 0.05) is 26.1 Å². The number of rotatable bonds is 4. The van der Waals surface area contributed by atoms with Crippen LogP contribution in [0.15, 0.2) is 16.8 Å². The predicted octanol–water partition coefficient (Wildman–Crippen LogP) is 0.873. The highest BCUT2D eigenvalue weighted by Gasteiger charge is 2.24. The molecule has 5 nitrogen and oxygen atoms in total. The summed E-state index contributed by atoms with van der Waals surface area (Å²) in [6, 6.07) is 0. The topological polar surface area (TPSA) is 45.1 Å². The van der Waals surface area contributed by atoms with Crippen molar-refractivity contribution in [3.8, 4) is 0 Å². The molecule has 0 aromatic heterocycles. The second-order valence-electron chi connectivity index (χ2n) is 4.90. The first-order chi connectivity index (χ1) is 8.70. The highest BCUT2D eigenvalue weighted by Crippen LogP contribution is 2.14. The predicted molar refractivity (Wildman–Crippen MR) is 70.5 cm³/mol. The number of carbonyl (C=O) groups excluding carboxylic acids is 1. The van der Waals surface area contributed by atoms with E-state index >= 15 is 0 Å². The van der Waals surface area contributed by atoms with Crippen molar-refractivity contribution >= 4 is 11.6 Å². The molecule has 0 spiro atoms. The fourth-order valence-electron chi connectivity index (χ4n) is 2.45. The van der Waals surface area contributed by atoms with Crippen molar-refractivity contribution in [2.75, 3.05) is 40.3 Å². The summed E-state index contributed by atoms with van der Waals surface area (Å²) in [6.07, 6.45) is 4.86. The maximum absolute atomic E-state index is 11.7. The van der Waals surface area contributed by atoms with Gasteiger partial charge < -0.3 is 14.6 Å². The lowest BCUT2D eigenvalue weighted by molar-refractivity contribution is -0.127. The van der Waals surface area contributed by atoms with Gasteiger partial charge in [-0.2, -0.15) is 0 Å². The van der Waals surface area contributed by atoms with E-state index in [1.165, 1.54) is 5.57 Å². The lowest BCUT2D eigenvalue weighted by Gasteiger charge is -2.25. The zero-order valence-electron chi connectivity index (χ0n) is 11.2. The van der Waals surface area contributed by atoms with E-state index in [0.717, 1.165) is 38.2 Å². The van der Waals surface area contributed by atoms with Crippen LogP contribution in [0.3, 0.4) is 0 Å². The summed E-state index contributed by atoms with van der Waals surface area (Å²) in [5.74, 6) is 0.226. The van der Waals surface area contributed by atoms with Crippen LogP contribution in [0.25, 0.3) is 0 Å². The Morgan fingerprint density at radius 1 is 1.50 bits per heavy atom. The molecule has 2 aliphatic rings. The van der Waals surface area contributed by atoms with Crippen LogP contribution in [0.5, 0.6) is 0 Å². The van der Waals surface area contributed by atoms with Crippen LogP contribution in [0.1, 0.15) is 19.3 Å². The highest BCUT2D eigenvalue weighted by atomic mass is 16.6. The molecule has 0 atom stereocenters. The van der Waals surface area contributed by atoms with Gasteiger partial charge in [-0.05, 0) is 25.5 Å². The lowest BCUT2D eigenvalue weighted by atomic mass is 10.0. The van der Waals surface area contributed by atoms with Gasteiger partial charge in [-0.3, -0.25) is 4.79 Å². The Labute approximate surface area is 108 Å². The number of carbonyl (C=O) groups is 1. The number of oxime groups is 1. The second kappa shape index (κ2) is 6.00. The number of likely N-dealkylation sites (N-methyl/N-ethyl adjacent to an activating group) is 1. The van der Waals surface area contributed by atoms with E-state index < -0.39 is 0 Å². The van der Waals surface area contributed by atoms with E-state index in [1.54, 1.807) is 7.11 Å². The van der Waals surface area contributed by atoms with Crippen LogP contribution in [0.2, 0.25) is 0 Å². The third kappa shape index (κ3) is 3.10. The Morgan fingerprint density at radius 2 is 2.33 bits per heavy atom. The maximum Gasteiger partial charge on any atom is 0.222 e. The van der Waals surface area contributed by atoms with Gasteiger partial charge in [0.1, 0.15) is 12.8 Å². The summed E-state index contributed by atoms with van der Waals surface area (Å²) >= 11 is 0. The fraction of sp³-hybridized carbons (Fsp3) is 0.692. The van der Waals surface area contributed by atoms with Gasteiger partial charge >= 0.3 is 0 Å². The summed E-state index contributed by atoms with van der Waals surface area (Å²) < 4.78 is 0. The van der Waals surface area contributed by atoms with E-state index in [4.69, 9.17) is 4.84 Å². The van der Waals surface area contributed by atoms with Crippen molar-refractivity contribution in [3.05, 3.63) is 11.6 Å². The third-order valence-electron chi connectivity index (χ3n) is 3.43. The van der Waals surface area contributed by atoms with Crippen molar-refractivity contribution < 1.29 is 9.63 Å². The summed E-state index contributed by atoms with van der Waals surface area (Å²) in [5.41, 5.74) is 2.07. The number of nitrogens with zero attached hydrogens (tertiary/aromatic N) is 3. The van der Waals surface area contributed by atoms with Crippen molar-refractivity contribution in [3.63, 3.8) is 0 Å². The van der Waals surface area contributed by atoms with Gasteiger partial charge in [-0.25, -0.2) is 0 Å². The molecule has 2 heterocycles. The molecule has 100 valence electrons. The largest absolute Gasteiger partial charge is 0.399 e. The maximum atomic E-state index is 11.7. The fourth-order valence-corrected chi connectivity index (χ4v) is 2.45. The van der Waals surface area contributed by atoms with Crippen LogP contribution in [-0.4, -0.2) is 61.8 Å². The van der Waals surface area contributed by atoms with Gasteiger partial charge in [-0.1, -0.05) is 11.2 Å². The minimum absolute atomic E-state index is 0.226. The average molecular weight is 251 g/mol. The molecular formula is C13H21N3O2. The second-order valence-corrected chi connectivity index (χ2v) is 4.90. The van der Waals surface area contributed by atoms with E-state index in [2.05, 4.69) is 23.2 Å². The number of likely N-dealkylation sites (tertiary alicyclic amines) is 1. The van der Waals surface area contributed by atoms with Crippen molar-refractivity contribution in [2.24, 2.45) is 5.16 Å². The molecular weight excluding hydrogens is 230 g/mol. The van der Waals surface area contributed by atoms with Crippen molar-refractivity contribution in [1.29, 1.82) is 0 Å². The van der Waals surface area contributed by atoms with Gasteiger partial charge in [0.25, 0.3) is 0 Å². The third-order valence-corrected chi connectivity index (χ3v) is 3.43. The Kier molecular flexibility index (Phi) is 4.36. The lowest BCUT2D eigenvalue weighted by Crippen LogP contribution is -2.36. The monoisotopic (exact) mass is 251 g/mol. The standard InChI is InChI=1S/C13H21N3O2/c1-15-7-3-5-11(9-15)12(14-18-2)10-16-8-4-6-13(16)17/h5H,3-4,6-10H2,1-2H3. The highest BCUT2D eigenvalue weighted by molar-refractivity contribution is 6.03. The van der Waals surface area contributed by atoms with Crippen LogP contribution in [0, 0.1) is 0 Å². The molecule has 0 saturated carbocycles. The zero-order chi connectivity index (χ0) is 13.0. The minimum Gasteiger partial charge on any atom is -0.399 e. The van der Waals surface area contributed by atoms with Crippen LogP contribution < -0.4 is 0 Å². The summed E-state index contributed by atoms with van der Waals surface area (Å²) in [5, 5.41) is 4.11. The van der Waals surface area contributed by atoms with E-state index in [1.807, 2.05) is 4.90 Å². The first kappa shape index (κ1) is 13.1. The van der Waals surface area contributed by atoms with Crippen LogP contribution >= 0.6 is 0 Å². The van der Waals surface area contributed by atoms with Gasteiger partial charge in [0.2, 0.25) is 5.91 Å². The first-order valence-corrected chi connectivity index (χ1v) is 6.46. The van der Waals surface area contributed by atoms with Crippen molar-refractivity contribution in [1.82, 2.24) is 9.80 Å². The number of hydrogen-bond acceptors (Lipinski definition) is 4. The smallest absolute Gasteiger partial charge is 0.222 e. The molecule has 0 N–H and O–H groups in total. The molecule has 0 aromatic rings. The Balaban J connectivity index is 2.06. The molecule has 1 saturated heterocycles. The SMILES string of the molecule is CON=C(CN1CCCC1=O)C1=CCCN(C)C1. The van der Waals surface area contributed by atoms with E-state index in [9.17, 15) is 4.79 Å². The molecule has 0 aromatic carbocycles. The Bertz CT molecular complexity index is 376. The Morgan fingerprint density at radius 3 is 2.94 bits per heavy atom. The molecule has 18 heavy (non-hydrogen) atoms. The quantitative estimate of drug-likeness (QED) is 0.550. The molecule has 0 bridgehead atoms. The Hall–Kier alpha value is -1.36. The summed E-state index contributed by atoms with van der Waals surface area (Å²) in [4.78, 5) is 20.7. The molecule has 1 amide bonds.